The number of likely N-dealkylation sites (tertiary alicyclic amines) is 1. The lowest BCUT2D eigenvalue weighted by atomic mass is 9.97. The van der Waals surface area contributed by atoms with Gasteiger partial charge in [0.2, 0.25) is 0 Å². The summed E-state index contributed by atoms with van der Waals surface area (Å²) in [4.78, 5) is 18.5. The summed E-state index contributed by atoms with van der Waals surface area (Å²) in [6.45, 7) is 7.01. The predicted molar refractivity (Wildman–Crippen MR) is 125 cm³/mol. The Bertz CT molecular complexity index is 587. The van der Waals surface area contributed by atoms with E-state index in [1.54, 1.807) is 0 Å². The summed E-state index contributed by atoms with van der Waals surface area (Å²) >= 11 is 1.92. The molecular weight excluding hydrogens is 473 g/mol. The van der Waals surface area contributed by atoms with Crippen LogP contribution in [0.15, 0.2) is 29.3 Å². The van der Waals surface area contributed by atoms with Crippen molar-refractivity contribution < 1.29 is 9.53 Å². The van der Waals surface area contributed by atoms with Crippen LogP contribution in [0.5, 0.6) is 0 Å². The van der Waals surface area contributed by atoms with Crippen molar-refractivity contribution in [1.82, 2.24) is 10.2 Å². The van der Waals surface area contributed by atoms with Crippen LogP contribution in [-0.4, -0.2) is 55.9 Å². The molecule has 1 N–H and O–H groups in total. The maximum atomic E-state index is 11.8. The van der Waals surface area contributed by atoms with Crippen molar-refractivity contribution in [1.29, 1.82) is 0 Å². The third kappa shape index (κ3) is 8.29. The van der Waals surface area contributed by atoms with Crippen LogP contribution in [0.3, 0.4) is 0 Å². The van der Waals surface area contributed by atoms with Gasteiger partial charge in [-0.1, -0.05) is 29.8 Å². The molecule has 0 spiro atoms. The van der Waals surface area contributed by atoms with Crippen LogP contribution < -0.4 is 5.32 Å². The lowest BCUT2D eigenvalue weighted by Crippen LogP contribution is -2.47. The summed E-state index contributed by atoms with van der Waals surface area (Å²) in [6.07, 6.45) is 1.67. The minimum absolute atomic E-state index is 0. The third-order valence-electron chi connectivity index (χ3n) is 4.55. The molecule has 152 valence electrons. The first-order valence-electron chi connectivity index (χ1n) is 9.39. The highest BCUT2D eigenvalue weighted by Crippen LogP contribution is 2.19. The smallest absolute Gasteiger partial charge is 0.309 e. The fraction of sp³-hybridized carbons (Fsp3) is 0.600. The maximum absolute atomic E-state index is 11.8. The summed E-state index contributed by atoms with van der Waals surface area (Å²) in [5.41, 5.74) is 2.67. The molecule has 1 heterocycles. The number of piperidine rings is 1. The van der Waals surface area contributed by atoms with Gasteiger partial charge in [-0.3, -0.25) is 9.79 Å². The van der Waals surface area contributed by atoms with E-state index in [4.69, 9.17) is 4.74 Å². The molecule has 1 aromatic carbocycles. The van der Waals surface area contributed by atoms with Crippen molar-refractivity contribution in [2.75, 3.05) is 39.0 Å². The molecule has 0 aliphatic carbocycles. The lowest BCUT2D eigenvalue weighted by Gasteiger charge is -2.33. The topological polar surface area (TPSA) is 53.9 Å². The quantitative estimate of drug-likeness (QED) is 0.202. The van der Waals surface area contributed by atoms with Crippen molar-refractivity contribution in [2.45, 2.75) is 32.4 Å². The Labute approximate surface area is 184 Å². The van der Waals surface area contributed by atoms with Crippen molar-refractivity contribution in [3.8, 4) is 0 Å². The zero-order valence-corrected chi connectivity index (χ0v) is 19.7. The molecule has 1 fully saturated rings. The standard InChI is InChI=1S/C20H31N3O2S.HI/c1-4-25-19(24)18-9-12-23(13-10-18)20(21-3)22-11-14-26-15-17-7-5-16(2)6-8-17;/h5-8,18H,4,9-15H2,1-3H3,(H,21,22);1H. The summed E-state index contributed by atoms with van der Waals surface area (Å²) in [5.74, 6) is 2.98. The summed E-state index contributed by atoms with van der Waals surface area (Å²) in [7, 11) is 1.82. The van der Waals surface area contributed by atoms with Crippen LogP contribution in [0.2, 0.25) is 0 Å². The molecule has 1 aromatic rings. The normalized spacial score (nSPS) is 15.2. The third-order valence-corrected chi connectivity index (χ3v) is 5.58. The van der Waals surface area contributed by atoms with Crippen molar-refractivity contribution in [3.05, 3.63) is 35.4 Å². The molecular formula is C20H32IN3O2S. The second kappa shape index (κ2) is 13.3. The monoisotopic (exact) mass is 505 g/mol. The van der Waals surface area contributed by atoms with Gasteiger partial charge in [0.1, 0.15) is 0 Å². The van der Waals surface area contributed by atoms with Crippen molar-refractivity contribution >= 4 is 47.7 Å². The highest BCUT2D eigenvalue weighted by Gasteiger charge is 2.27. The Hall–Kier alpha value is -0.960. The summed E-state index contributed by atoms with van der Waals surface area (Å²) in [5, 5.41) is 3.44. The molecule has 0 atom stereocenters. The second-order valence-corrected chi connectivity index (χ2v) is 7.63. The Morgan fingerprint density at radius 2 is 1.96 bits per heavy atom. The van der Waals surface area contributed by atoms with Gasteiger partial charge in [0.15, 0.2) is 5.96 Å². The first-order valence-corrected chi connectivity index (χ1v) is 10.5. The molecule has 1 aliphatic rings. The van der Waals surface area contributed by atoms with E-state index >= 15 is 0 Å². The van der Waals surface area contributed by atoms with Gasteiger partial charge in [-0.2, -0.15) is 11.8 Å². The van der Waals surface area contributed by atoms with E-state index in [-0.39, 0.29) is 35.9 Å². The maximum Gasteiger partial charge on any atom is 0.309 e. The van der Waals surface area contributed by atoms with Crippen LogP contribution in [0.4, 0.5) is 0 Å². The van der Waals surface area contributed by atoms with Gasteiger partial charge in [-0.25, -0.2) is 0 Å². The van der Waals surface area contributed by atoms with E-state index in [1.807, 2.05) is 25.7 Å². The largest absolute Gasteiger partial charge is 0.466 e. The number of carbonyl (C=O) groups is 1. The van der Waals surface area contributed by atoms with Gasteiger partial charge in [0.05, 0.1) is 12.5 Å². The van der Waals surface area contributed by atoms with E-state index in [9.17, 15) is 4.79 Å². The van der Waals surface area contributed by atoms with Gasteiger partial charge in [-0.15, -0.1) is 24.0 Å². The molecule has 1 saturated heterocycles. The minimum atomic E-state index is -0.0531. The van der Waals surface area contributed by atoms with Crippen LogP contribution in [0.1, 0.15) is 30.9 Å². The zero-order valence-electron chi connectivity index (χ0n) is 16.6. The molecule has 0 unspecified atom stereocenters. The number of rotatable bonds is 7. The van der Waals surface area contributed by atoms with Crippen LogP contribution in [0.25, 0.3) is 0 Å². The average molecular weight is 505 g/mol. The summed E-state index contributed by atoms with van der Waals surface area (Å²) in [6, 6.07) is 8.72. The number of guanidine groups is 1. The number of hydrogen-bond acceptors (Lipinski definition) is 4. The molecule has 2 rings (SSSR count). The van der Waals surface area contributed by atoms with E-state index in [0.29, 0.717) is 6.61 Å². The van der Waals surface area contributed by atoms with Gasteiger partial charge in [0.25, 0.3) is 0 Å². The number of benzene rings is 1. The highest BCUT2D eigenvalue weighted by atomic mass is 127. The van der Waals surface area contributed by atoms with E-state index in [2.05, 4.69) is 46.4 Å². The number of nitrogens with one attached hydrogen (secondary N) is 1. The van der Waals surface area contributed by atoms with Gasteiger partial charge >= 0.3 is 5.97 Å². The molecule has 27 heavy (non-hydrogen) atoms. The van der Waals surface area contributed by atoms with E-state index in [0.717, 1.165) is 49.9 Å². The Morgan fingerprint density at radius 3 is 2.56 bits per heavy atom. The predicted octanol–water partition coefficient (Wildman–Crippen LogP) is 3.70. The number of ether oxygens (including phenoxy) is 1. The van der Waals surface area contributed by atoms with E-state index in [1.165, 1.54) is 11.1 Å². The van der Waals surface area contributed by atoms with Gasteiger partial charge in [-0.05, 0) is 32.3 Å². The number of thioether (sulfide) groups is 1. The lowest BCUT2D eigenvalue weighted by molar-refractivity contribution is -0.149. The van der Waals surface area contributed by atoms with Gasteiger partial charge < -0.3 is 15.0 Å². The number of aryl methyl sites for hydroxylation is 1. The molecule has 0 aromatic heterocycles. The molecule has 7 heteroatoms. The highest BCUT2D eigenvalue weighted by molar-refractivity contribution is 14.0. The molecule has 0 amide bonds. The number of esters is 1. The second-order valence-electron chi connectivity index (χ2n) is 6.53. The minimum Gasteiger partial charge on any atom is -0.466 e. The zero-order chi connectivity index (χ0) is 18.8. The number of halogens is 1. The van der Waals surface area contributed by atoms with Crippen molar-refractivity contribution in [2.24, 2.45) is 10.9 Å². The Balaban J connectivity index is 0.00000364. The number of hydrogen-bond donors (Lipinski definition) is 1. The number of aliphatic imine (C=N–C) groups is 1. The number of nitrogens with zero attached hydrogens (tertiary/aromatic N) is 2. The fourth-order valence-electron chi connectivity index (χ4n) is 3.03. The van der Waals surface area contributed by atoms with E-state index < -0.39 is 0 Å². The Kier molecular flexibility index (Phi) is 11.8. The van der Waals surface area contributed by atoms with Gasteiger partial charge in [0, 0.05) is 38.2 Å². The molecule has 0 radical (unpaired) electrons. The molecule has 0 bridgehead atoms. The summed E-state index contributed by atoms with van der Waals surface area (Å²) < 4.78 is 5.13. The van der Waals surface area contributed by atoms with Crippen LogP contribution in [0, 0.1) is 12.8 Å². The van der Waals surface area contributed by atoms with Crippen LogP contribution >= 0.6 is 35.7 Å². The SMILES string of the molecule is CCOC(=O)C1CCN(C(=NC)NCCSCc2ccc(C)cc2)CC1.I. The molecule has 0 saturated carbocycles. The average Bonchev–Trinajstić information content (AvgIpc) is 2.66. The Morgan fingerprint density at radius 1 is 1.30 bits per heavy atom. The number of carbonyl (C=O) groups excluding carboxylic acids is 1. The first-order chi connectivity index (χ1) is 12.6. The fourth-order valence-corrected chi connectivity index (χ4v) is 3.85. The van der Waals surface area contributed by atoms with Crippen LogP contribution in [-0.2, 0) is 15.3 Å². The molecule has 1 aliphatic heterocycles. The molecule has 5 nitrogen and oxygen atoms in total. The first kappa shape index (κ1) is 24.1. The van der Waals surface area contributed by atoms with Crippen molar-refractivity contribution in [3.63, 3.8) is 0 Å².